The minimum absolute atomic E-state index is 0.0421. The highest BCUT2D eigenvalue weighted by molar-refractivity contribution is 7.98. The number of anilines is 1. The molecule has 0 unspecified atom stereocenters. The minimum atomic E-state index is -0.0893. The number of thioether (sulfide) groups is 1. The lowest BCUT2D eigenvalue weighted by Crippen LogP contribution is -2.57. The maximum atomic E-state index is 12.7. The minimum Gasteiger partial charge on any atom is -0.327 e. The Morgan fingerprint density at radius 1 is 1.08 bits per heavy atom. The molecule has 1 atom stereocenters. The van der Waals surface area contributed by atoms with E-state index in [0.29, 0.717) is 12.1 Å². The van der Waals surface area contributed by atoms with Crippen molar-refractivity contribution in [2.45, 2.75) is 17.9 Å². The molecule has 1 aliphatic heterocycles. The smallest absolute Gasteiger partial charge is 0.254 e. The predicted octanol–water partition coefficient (Wildman–Crippen LogP) is 3.29. The van der Waals surface area contributed by atoms with Crippen molar-refractivity contribution in [1.29, 1.82) is 0 Å². The molecule has 124 valence electrons. The summed E-state index contributed by atoms with van der Waals surface area (Å²) in [6.45, 7) is 2.63. The van der Waals surface area contributed by atoms with Gasteiger partial charge < -0.3 is 9.80 Å². The summed E-state index contributed by atoms with van der Waals surface area (Å²) in [6.07, 6.45) is 2.00. The second-order valence-corrected chi connectivity index (χ2v) is 6.68. The number of hydrogen-bond donors (Lipinski definition) is 0. The number of piperazine rings is 1. The van der Waals surface area contributed by atoms with Crippen molar-refractivity contribution in [3.63, 3.8) is 0 Å². The monoisotopic (exact) mass is 340 g/mol. The van der Waals surface area contributed by atoms with Crippen molar-refractivity contribution in [1.82, 2.24) is 4.90 Å². The van der Waals surface area contributed by atoms with Gasteiger partial charge in [-0.15, -0.1) is 11.8 Å². The molecule has 2 aromatic carbocycles. The third-order valence-electron chi connectivity index (χ3n) is 4.17. The van der Waals surface area contributed by atoms with Gasteiger partial charge in [0, 0.05) is 17.0 Å². The van der Waals surface area contributed by atoms with E-state index < -0.39 is 0 Å². The van der Waals surface area contributed by atoms with Crippen LogP contribution in [0.4, 0.5) is 5.69 Å². The third-order valence-corrected chi connectivity index (χ3v) is 4.96. The van der Waals surface area contributed by atoms with Crippen LogP contribution in [0.3, 0.4) is 0 Å². The van der Waals surface area contributed by atoms with Crippen LogP contribution in [-0.4, -0.2) is 42.1 Å². The first-order valence-corrected chi connectivity index (χ1v) is 9.13. The molecule has 0 aliphatic carbocycles. The maximum Gasteiger partial charge on any atom is 0.254 e. The summed E-state index contributed by atoms with van der Waals surface area (Å²) in [7, 11) is 0. The zero-order valence-corrected chi connectivity index (χ0v) is 14.6. The van der Waals surface area contributed by atoms with Crippen molar-refractivity contribution in [3.8, 4) is 0 Å². The Morgan fingerprint density at radius 2 is 1.75 bits per heavy atom. The number of carbonyl (C=O) groups is 2. The summed E-state index contributed by atoms with van der Waals surface area (Å²) in [5.41, 5.74) is 1.55. The SMILES string of the molecule is CSc1ccccc1N1C(=O)CN(C(=O)c2ccccc2)C[C@H]1C. The lowest BCUT2D eigenvalue weighted by molar-refractivity contribution is -0.121. The van der Waals surface area contributed by atoms with E-state index in [1.54, 1.807) is 28.8 Å². The summed E-state index contributed by atoms with van der Waals surface area (Å²) < 4.78 is 0. The topological polar surface area (TPSA) is 40.6 Å². The summed E-state index contributed by atoms with van der Waals surface area (Å²) in [5.74, 6) is -0.131. The summed E-state index contributed by atoms with van der Waals surface area (Å²) in [6, 6.07) is 17.0. The number of hydrogen-bond acceptors (Lipinski definition) is 3. The molecule has 5 heteroatoms. The standard InChI is InChI=1S/C19H20N2O2S/c1-14-12-20(19(23)15-8-4-3-5-9-15)13-18(22)21(14)16-10-6-7-11-17(16)24-2/h3-11,14H,12-13H2,1-2H3/t14-/m1/s1. The highest BCUT2D eigenvalue weighted by Gasteiger charge is 2.34. The van der Waals surface area contributed by atoms with Crippen LogP contribution < -0.4 is 4.90 Å². The quantitative estimate of drug-likeness (QED) is 0.805. The fourth-order valence-electron chi connectivity index (χ4n) is 3.07. The second-order valence-electron chi connectivity index (χ2n) is 5.84. The molecule has 0 bridgehead atoms. The predicted molar refractivity (Wildman–Crippen MR) is 97.5 cm³/mol. The van der Waals surface area contributed by atoms with Crippen LogP contribution in [0.2, 0.25) is 0 Å². The molecular formula is C19H20N2O2S. The summed E-state index contributed by atoms with van der Waals surface area (Å²) in [5, 5.41) is 0. The van der Waals surface area contributed by atoms with Gasteiger partial charge in [0.05, 0.1) is 11.7 Å². The first-order chi connectivity index (χ1) is 11.6. The van der Waals surface area contributed by atoms with Crippen LogP contribution in [0.15, 0.2) is 59.5 Å². The van der Waals surface area contributed by atoms with Crippen molar-refractivity contribution >= 4 is 29.3 Å². The molecule has 0 saturated carbocycles. The Morgan fingerprint density at radius 3 is 2.42 bits per heavy atom. The molecule has 0 radical (unpaired) electrons. The first kappa shape index (κ1) is 16.6. The molecule has 3 rings (SSSR count). The van der Waals surface area contributed by atoms with E-state index in [0.717, 1.165) is 10.6 Å². The molecule has 0 N–H and O–H groups in total. The maximum absolute atomic E-state index is 12.7. The van der Waals surface area contributed by atoms with Crippen LogP contribution in [0.1, 0.15) is 17.3 Å². The normalized spacial score (nSPS) is 17.9. The molecule has 0 aromatic heterocycles. The highest BCUT2D eigenvalue weighted by Crippen LogP contribution is 2.31. The van der Waals surface area contributed by atoms with Gasteiger partial charge in [0.1, 0.15) is 6.54 Å². The summed E-state index contributed by atoms with van der Waals surface area (Å²) >= 11 is 1.62. The number of benzene rings is 2. The van der Waals surface area contributed by atoms with Crippen LogP contribution >= 0.6 is 11.8 Å². The van der Waals surface area contributed by atoms with Gasteiger partial charge in [-0.25, -0.2) is 0 Å². The Bertz CT molecular complexity index is 748. The van der Waals surface area contributed by atoms with Gasteiger partial charge in [-0.2, -0.15) is 0 Å². The van der Waals surface area contributed by atoms with Crippen molar-refractivity contribution in [2.75, 3.05) is 24.2 Å². The van der Waals surface area contributed by atoms with E-state index in [2.05, 4.69) is 0 Å². The highest BCUT2D eigenvalue weighted by atomic mass is 32.2. The average Bonchev–Trinajstić information content (AvgIpc) is 2.61. The van der Waals surface area contributed by atoms with Gasteiger partial charge in [-0.3, -0.25) is 9.59 Å². The molecule has 1 heterocycles. The molecular weight excluding hydrogens is 320 g/mol. The van der Waals surface area contributed by atoms with Gasteiger partial charge in [-0.1, -0.05) is 30.3 Å². The van der Waals surface area contributed by atoms with E-state index in [1.807, 2.05) is 60.5 Å². The van der Waals surface area contributed by atoms with E-state index in [4.69, 9.17) is 0 Å². The first-order valence-electron chi connectivity index (χ1n) is 7.91. The largest absolute Gasteiger partial charge is 0.327 e. The summed E-state index contributed by atoms with van der Waals surface area (Å²) in [4.78, 5) is 29.9. The van der Waals surface area contributed by atoms with Crippen molar-refractivity contribution in [2.24, 2.45) is 0 Å². The lowest BCUT2D eigenvalue weighted by Gasteiger charge is -2.40. The molecule has 1 saturated heterocycles. The van der Waals surface area contributed by atoms with Crippen LogP contribution in [0, 0.1) is 0 Å². The van der Waals surface area contributed by atoms with Crippen LogP contribution in [0.5, 0.6) is 0 Å². The molecule has 2 amide bonds. The Hall–Kier alpha value is -2.27. The van der Waals surface area contributed by atoms with Gasteiger partial charge >= 0.3 is 0 Å². The fourth-order valence-corrected chi connectivity index (χ4v) is 3.66. The van der Waals surface area contributed by atoms with Gasteiger partial charge in [0.2, 0.25) is 5.91 Å². The number of carbonyl (C=O) groups excluding carboxylic acids is 2. The number of nitrogens with zero attached hydrogens (tertiary/aromatic N) is 2. The Balaban J connectivity index is 1.82. The third kappa shape index (κ3) is 3.17. The number of para-hydroxylation sites is 1. The fraction of sp³-hybridized carbons (Fsp3) is 0.263. The number of rotatable bonds is 3. The zero-order valence-electron chi connectivity index (χ0n) is 13.8. The zero-order chi connectivity index (χ0) is 17.1. The average molecular weight is 340 g/mol. The van der Waals surface area contributed by atoms with Crippen molar-refractivity contribution in [3.05, 3.63) is 60.2 Å². The molecule has 0 spiro atoms. The van der Waals surface area contributed by atoms with E-state index in [1.165, 1.54) is 0 Å². The molecule has 2 aromatic rings. The van der Waals surface area contributed by atoms with E-state index >= 15 is 0 Å². The molecule has 1 fully saturated rings. The van der Waals surface area contributed by atoms with E-state index in [-0.39, 0.29) is 24.4 Å². The molecule has 4 nitrogen and oxygen atoms in total. The van der Waals surface area contributed by atoms with Crippen LogP contribution in [-0.2, 0) is 4.79 Å². The second kappa shape index (κ2) is 7.09. The van der Waals surface area contributed by atoms with E-state index in [9.17, 15) is 9.59 Å². The van der Waals surface area contributed by atoms with Crippen molar-refractivity contribution < 1.29 is 9.59 Å². The van der Waals surface area contributed by atoms with Gasteiger partial charge in [-0.05, 0) is 37.4 Å². The lowest BCUT2D eigenvalue weighted by atomic mass is 10.1. The molecule has 1 aliphatic rings. The Labute approximate surface area is 146 Å². The number of amides is 2. The van der Waals surface area contributed by atoms with Gasteiger partial charge in [0.15, 0.2) is 0 Å². The Kier molecular flexibility index (Phi) is 4.90. The molecule has 24 heavy (non-hydrogen) atoms. The van der Waals surface area contributed by atoms with Crippen LogP contribution in [0.25, 0.3) is 0 Å². The van der Waals surface area contributed by atoms with Gasteiger partial charge in [0.25, 0.3) is 5.91 Å².